The second-order valence-corrected chi connectivity index (χ2v) is 7.76. The lowest BCUT2D eigenvalue weighted by molar-refractivity contribution is -0.0114. The highest BCUT2D eigenvalue weighted by atomic mass is 16.5. The zero-order valence-electron chi connectivity index (χ0n) is 16.1. The summed E-state index contributed by atoms with van der Waals surface area (Å²) in [5.41, 5.74) is 0. The van der Waals surface area contributed by atoms with Gasteiger partial charge in [-0.3, -0.25) is 14.6 Å². The summed E-state index contributed by atoms with van der Waals surface area (Å²) in [6.45, 7) is 9.38. The van der Waals surface area contributed by atoms with Crippen LogP contribution in [0.3, 0.4) is 0 Å². The second kappa shape index (κ2) is 9.19. The summed E-state index contributed by atoms with van der Waals surface area (Å²) >= 11 is 0. The minimum Gasteiger partial charge on any atom is -0.455 e. The molecule has 0 bridgehead atoms. The quantitative estimate of drug-likeness (QED) is 0.774. The molecule has 4 rings (SSSR count). The zero-order valence-corrected chi connectivity index (χ0v) is 16.1. The van der Waals surface area contributed by atoms with Gasteiger partial charge >= 0.3 is 0 Å². The molecular weight excluding hydrogens is 346 g/mol. The molecular formula is C20H31N3O4. The number of carbonyl (C=O) groups excluding carboxylic acids is 1. The number of hydrogen-bond donors (Lipinski definition) is 0. The zero-order chi connectivity index (χ0) is 18.5. The summed E-state index contributed by atoms with van der Waals surface area (Å²) in [5.74, 6) is 1.33. The smallest absolute Gasteiger partial charge is 0.289 e. The van der Waals surface area contributed by atoms with Crippen molar-refractivity contribution >= 4 is 5.91 Å². The lowest BCUT2D eigenvalue weighted by Crippen LogP contribution is -2.45. The van der Waals surface area contributed by atoms with Gasteiger partial charge in [0.2, 0.25) is 0 Å². The summed E-state index contributed by atoms with van der Waals surface area (Å²) in [5, 5.41) is 0. The molecule has 3 aliphatic rings. The highest BCUT2D eigenvalue weighted by Gasteiger charge is 2.27. The van der Waals surface area contributed by atoms with Crippen LogP contribution in [-0.2, 0) is 16.0 Å². The van der Waals surface area contributed by atoms with Gasteiger partial charge in [0.1, 0.15) is 5.76 Å². The molecule has 1 aromatic rings. The van der Waals surface area contributed by atoms with Crippen molar-refractivity contribution < 1.29 is 18.7 Å². The van der Waals surface area contributed by atoms with Crippen molar-refractivity contribution in [1.82, 2.24) is 14.7 Å². The van der Waals surface area contributed by atoms with Gasteiger partial charge in [0.05, 0.1) is 25.9 Å². The van der Waals surface area contributed by atoms with Crippen LogP contribution in [-0.4, -0.2) is 92.3 Å². The monoisotopic (exact) mass is 377 g/mol. The number of likely N-dealkylation sites (tertiary alicyclic amines) is 1. The molecule has 0 radical (unpaired) electrons. The number of hydrogen-bond acceptors (Lipinski definition) is 6. The van der Waals surface area contributed by atoms with E-state index in [1.165, 1.54) is 12.8 Å². The number of ether oxygens (including phenoxy) is 2. The lowest BCUT2D eigenvalue weighted by Gasteiger charge is -2.31. The van der Waals surface area contributed by atoms with Crippen molar-refractivity contribution in [1.29, 1.82) is 0 Å². The van der Waals surface area contributed by atoms with E-state index in [0.29, 0.717) is 18.9 Å². The van der Waals surface area contributed by atoms with Crippen LogP contribution < -0.4 is 0 Å². The Morgan fingerprint density at radius 1 is 0.963 bits per heavy atom. The second-order valence-electron chi connectivity index (χ2n) is 7.76. The number of nitrogens with zero attached hydrogens (tertiary/aromatic N) is 3. The summed E-state index contributed by atoms with van der Waals surface area (Å²) in [6.07, 6.45) is 3.43. The largest absolute Gasteiger partial charge is 0.455 e. The van der Waals surface area contributed by atoms with Gasteiger partial charge in [-0.25, -0.2) is 0 Å². The van der Waals surface area contributed by atoms with Crippen molar-refractivity contribution in [3.63, 3.8) is 0 Å². The maximum Gasteiger partial charge on any atom is 0.289 e. The highest BCUT2D eigenvalue weighted by Crippen LogP contribution is 2.18. The standard InChI is InChI=1S/C20H31N3O4/c24-20(19-5-4-17(27-19)14-21-6-1-2-7-21)23-8-3-11-26-18(16-23)15-22-9-12-25-13-10-22/h4-5,18H,1-3,6-16H2. The molecule has 1 unspecified atom stereocenters. The fourth-order valence-corrected chi connectivity index (χ4v) is 4.16. The molecule has 7 nitrogen and oxygen atoms in total. The van der Waals surface area contributed by atoms with Crippen LogP contribution in [0.2, 0.25) is 0 Å². The van der Waals surface area contributed by atoms with Crippen LogP contribution in [0.25, 0.3) is 0 Å². The van der Waals surface area contributed by atoms with E-state index in [1.807, 2.05) is 17.0 Å². The fraction of sp³-hybridized carbons (Fsp3) is 0.750. The van der Waals surface area contributed by atoms with Crippen molar-refractivity contribution in [2.24, 2.45) is 0 Å². The number of morpholine rings is 1. The predicted molar refractivity (Wildman–Crippen MR) is 101 cm³/mol. The molecule has 0 aromatic carbocycles. The van der Waals surface area contributed by atoms with E-state index in [2.05, 4.69) is 9.80 Å². The van der Waals surface area contributed by atoms with Crippen LogP contribution in [0.1, 0.15) is 35.6 Å². The third-order valence-electron chi connectivity index (χ3n) is 5.65. The van der Waals surface area contributed by atoms with Gasteiger partial charge < -0.3 is 18.8 Å². The molecule has 0 aliphatic carbocycles. The molecule has 1 atom stereocenters. The first-order chi connectivity index (χ1) is 13.3. The van der Waals surface area contributed by atoms with E-state index in [-0.39, 0.29) is 12.0 Å². The molecule has 3 fully saturated rings. The topological polar surface area (TPSA) is 58.4 Å². The Morgan fingerprint density at radius 2 is 1.78 bits per heavy atom. The first kappa shape index (κ1) is 18.9. The molecule has 0 saturated carbocycles. The van der Waals surface area contributed by atoms with Crippen molar-refractivity contribution in [2.45, 2.75) is 31.9 Å². The Labute approximate surface area is 161 Å². The van der Waals surface area contributed by atoms with Gasteiger partial charge in [-0.15, -0.1) is 0 Å². The van der Waals surface area contributed by atoms with Crippen LogP contribution >= 0.6 is 0 Å². The van der Waals surface area contributed by atoms with E-state index >= 15 is 0 Å². The van der Waals surface area contributed by atoms with E-state index in [1.54, 1.807) is 0 Å². The first-order valence-corrected chi connectivity index (χ1v) is 10.3. The highest BCUT2D eigenvalue weighted by molar-refractivity contribution is 5.91. The minimum atomic E-state index is -0.0138. The van der Waals surface area contributed by atoms with Crippen LogP contribution in [0.15, 0.2) is 16.5 Å². The van der Waals surface area contributed by atoms with Crippen LogP contribution in [0.4, 0.5) is 0 Å². The molecule has 150 valence electrons. The van der Waals surface area contributed by atoms with Crippen molar-refractivity contribution in [3.8, 4) is 0 Å². The number of furan rings is 1. The molecule has 3 saturated heterocycles. The Kier molecular flexibility index (Phi) is 6.44. The van der Waals surface area contributed by atoms with E-state index in [4.69, 9.17) is 13.9 Å². The summed E-state index contributed by atoms with van der Waals surface area (Å²) in [7, 11) is 0. The van der Waals surface area contributed by atoms with Gasteiger partial charge in [0.15, 0.2) is 5.76 Å². The Hall–Kier alpha value is -1.41. The number of amides is 1. The number of rotatable bonds is 5. The summed E-state index contributed by atoms with van der Waals surface area (Å²) < 4.78 is 17.3. The maximum atomic E-state index is 13.0. The van der Waals surface area contributed by atoms with E-state index in [9.17, 15) is 4.79 Å². The average Bonchev–Trinajstić information content (AvgIpc) is 3.31. The fourth-order valence-electron chi connectivity index (χ4n) is 4.16. The molecule has 0 spiro atoms. The third kappa shape index (κ3) is 5.10. The molecule has 7 heteroatoms. The first-order valence-electron chi connectivity index (χ1n) is 10.3. The lowest BCUT2D eigenvalue weighted by atomic mass is 10.2. The average molecular weight is 377 g/mol. The van der Waals surface area contributed by atoms with Gasteiger partial charge in [-0.2, -0.15) is 0 Å². The van der Waals surface area contributed by atoms with Gasteiger partial charge in [0.25, 0.3) is 5.91 Å². The number of carbonyl (C=O) groups is 1. The third-order valence-corrected chi connectivity index (χ3v) is 5.65. The summed E-state index contributed by atoms with van der Waals surface area (Å²) in [6, 6.07) is 3.78. The van der Waals surface area contributed by atoms with E-state index in [0.717, 1.165) is 71.2 Å². The molecule has 0 N–H and O–H groups in total. The van der Waals surface area contributed by atoms with Crippen molar-refractivity contribution in [3.05, 3.63) is 23.7 Å². The normalized spacial score (nSPS) is 25.6. The molecule has 1 amide bonds. The maximum absolute atomic E-state index is 13.0. The summed E-state index contributed by atoms with van der Waals surface area (Å²) in [4.78, 5) is 19.6. The Bertz CT molecular complexity index is 608. The van der Waals surface area contributed by atoms with Crippen LogP contribution in [0.5, 0.6) is 0 Å². The van der Waals surface area contributed by atoms with Gasteiger partial charge in [-0.05, 0) is 44.5 Å². The predicted octanol–water partition coefficient (Wildman–Crippen LogP) is 1.44. The Balaban J connectivity index is 1.34. The molecule has 3 aliphatic heterocycles. The van der Waals surface area contributed by atoms with Crippen molar-refractivity contribution in [2.75, 3.05) is 65.6 Å². The van der Waals surface area contributed by atoms with Gasteiger partial charge in [-0.1, -0.05) is 0 Å². The minimum absolute atomic E-state index is 0.0138. The molecule has 1 aromatic heterocycles. The van der Waals surface area contributed by atoms with E-state index < -0.39 is 0 Å². The van der Waals surface area contributed by atoms with Crippen LogP contribution in [0, 0.1) is 0 Å². The Morgan fingerprint density at radius 3 is 2.59 bits per heavy atom. The molecule has 27 heavy (non-hydrogen) atoms. The van der Waals surface area contributed by atoms with Gasteiger partial charge in [0, 0.05) is 39.3 Å². The SMILES string of the molecule is O=C(c1ccc(CN2CCCC2)o1)N1CCCOC(CN2CCOCC2)C1. The molecule has 4 heterocycles.